The summed E-state index contributed by atoms with van der Waals surface area (Å²) >= 11 is 0. The molecule has 0 aliphatic carbocycles. The van der Waals surface area contributed by atoms with Gasteiger partial charge in [-0.05, 0) is 47.2 Å². The molecule has 0 unspecified atom stereocenters. The first kappa shape index (κ1) is 16.0. The molecule has 0 aromatic heterocycles. The first-order valence-corrected chi connectivity index (χ1v) is 7.54. The fourth-order valence-corrected chi connectivity index (χ4v) is 3.03. The van der Waals surface area contributed by atoms with E-state index in [1.807, 2.05) is 0 Å². The average Bonchev–Trinajstić information content (AvgIpc) is 2.58. The highest BCUT2D eigenvalue weighted by Gasteiger charge is 2.20. The first-order valence-electron chi connectivity index (χ1n) is 7.54. The fourth-order valence-electron chi connectivity index (χ4n) is 3.03. The largest absolute Gasteiger partial charge is 0.504 e. The van der Waals surface area contributed by atoms with Crippen LogP contribution in [-0.2, 0) is 0 Å². The zero-order valence-electron chi connectivity index (χ0n) is 13.3. The van der Waals surface area contributed by atoms with E-state index in [-0.39, 0.29) is 11.1 Å². The summed E-state index contributed by atoms with van der Waals surface area (Å²) in [5.41, 5.74) is 0.164. The molecule has 24 heavy (non-hydrogen) atoms. The molecule has 0 spiro atoms. The molecule has 0 heterocycles. The minimum Gasteiger partial charge on any atom is -0.504 e. The SMILES string of the molecule is C/C=c1/cc(F)c(O)c(-c2c(O)c(F)cc3ccccc23)/c1=C/C. The Bertz CT molecular complexity index is 1070. The molecule has 0 amide bonds. The van der Waals surface area contributed by atoms with Crippen molar-refractivity contribution in [3.05, 3.63) is 58.5 Å². The number of hydrogen-bond donors (Lipinski definition) is 2. The van der Waals surface area contributed by atoms with Crippen molar-refractivity contribution in [2.24, 2.45) is 0 Å². The van der Waals surface area contributed by atoms with E-state index in [1.54, 1.807) is 50.3 Å². The maximum atomic E-state index is 14.2. The third-order valence-corrected chi connectivity index (χ3v) is 4.15. The van der Waals surface area contributed by atoms with Crippen LogP contribution in [0.25, 0.3) is 34.1 Å². The molecule has 3 aromatic carbocycles. The quantitative estimate of drug-likeness (QED) is 0.714. The molecule has 0 bridgehead atoms. The van der Waals surface area contributed by atoms with Crippen molar-refractivity contribution in [2.45, 2.75) is 13.8 Å². The van der Waals surface area contributed by atoms with E-state index in [4.69, 9.17) is 0 Å². The second kappa shape index (κ2) is 5.96. The van der Waals surface area contributed by atoms with Crippen LogP contribution in [0.5, 0.6) is 11.5 Å². The van der Waals surface area contributed by atoms with Gasteiger partial charge in [0.05, 0.1) is 0 Å². The molecule has 2 nitrogen and oxygen atoms in total. The van der Waals surface area contributed by atoms with Crippen molar-refractivity contribution < 1.29 is 19.0 Å². The predicted octanol–water partition coefficient (Wildman–Crippen LogP) is 3.80. The lowest BCUT2D eigenvalue weighted by atomic mass is 9.93. The van der Waals surface area contributed by atoms with E-state index in [0.29, 0.717) is 21.2 Å². The van der Waals surface area contributed by atoms with Crippen molar-refractivity contribution >= 4 is 22.9 Å². The highest BCUT2D eigenvalue weighted by molar-refractivity contribution is 6.01. The Balaban J connectivity index is 2.64. The molecule has 3 rings (SSSR count). The van der Waals surface area contributed by atoms with E-state index in [0.717, 1.165) is 0 Å². The van der Waals surface area contributed by atoms with Gasteiger partial charge in [0, 0.05) is 11.1 Å². The van der Waals surface area contributed by atoms with Crippen molar-refractivity contribution in [2.75, 3.05) is 0 Å². The smallest absolute Gasteiger partial charge is 0.166 e. The average molecular weight is 326 g/mol. The maximum absolute atomic E-state index is 14.2. The molecular formula is C20H16F2O2. The molecule has 0 aliphatic heterocycles. The lowest BCUT2D eigenvalue weighted by Crippen LogP contribution is -2.27. The Hall–Kier alpha value is -2.88. The zero-order chi connectivity index (χ0) is 17.4. The van der Waals surface area contributed by atoms with E-state index >= 15 is 0 Å². The van der Waals surface area contributed by atoms with Crippen molar-refractivity contribution in [3.8, 4) is 22.6 Å². The standard InChI is InChI=1S/C20H16F2O2/c1-3-11-9-15(21)19(23)17(13(11)4-2)18-14-8-6-5-7-12(14)10-16(22)20(18)24/h3-10,23-24H,1-2H3/b11-3-,13-4+. The summed E-state index contributed by atoms with van der Waals surface area (Å²) in [4.78, 5) is 0. The van der Waals surface area contributed by atoms with Gasteiger partial charge in [0.2, 0.25) is 0 Å². The highest BCUT2D eigenvalue weighted by atomic mass is 19.1. The Morgan fingerprint density at radius 3 is 2.12 bits per heavy atom. The summed E-state index contributed by atoms with van der Waals surface area (Å²) in [6.07, 6.45) is 3.39. The van der Waals surface area contributed by atoms with Crippen LogP contribution in [0.15, 0.2) is 36.4 Å². The van der Waals surface area contributed by atoms with Gasteiger partial charge in [-0.3, -0.25) is 0 Å². The van der Waals surface area contributed by atoms with Gasteiger partial charge < -0.3 is 10.2 Å². The number of halogens is 2. The van der Waals surface area contributed by atoms with Crippen molar-refractivity contribution in [3.63, 3.8) is 0 Å². The number of rotatable bonds is 1. The summed E-state index contributed by atoms with van der Waals surface area (Å²) in [5.74, 6) is -2.87. The fraction of sp³-hybridized carbons (Fsp3) is 0.100. The molecule has 122 valence electrons. The summed E-state index contributed by atoms with van der Waals surface area (Å²) in [5, 5.41) is 22.8. The molecule has 0 aliphatic rings. The molecule has 0 radical (unpaired) electrons. The number of phenolic OH excluding ortho intramolecular Hbond substituents is 2. The van der Waals surface area contributed by atoms with Gasteiger partial charge in [-0.2, -0.15) is 0 Å². The molecule has 3 aromatic rings. The molecule has 0 fully saturated rings. The molecule has 2 N–H and O–H groups in total. The van der Waals surface area contributed by atoms with Gasteiger partial charge in [-0.25, -0.2) is 8.78 Å². The van der Waals surface area contributed by atoms with Gasteiger partial charge >= 0.3 is 0 Å². The second-order valence-electron chi connectivity index (χ2n) is 5.47. The normalized spacial score (nSPS) is 13.0. The Labute approximate surface area is 137 Å². The maximum Gasteiger partial charge on any atom is 0.166 e. The van der Waals surface area contributed by atoms with E-state index in [9.17, 15) is 19.0 Å². The van der Waals surface area contributed by atoms with E-state index in [1.165, 1.54) is 12.1 Å². The van der Waals surface area contributed by atoms with Crippen LogP contribution < -0.4 is 10.4 Å². The number of fused-ring (bicyclic) bond motifs is 1. The van der Waals surface area contributed by atoms with Gasteiger partial charge in [0.25, 0.3) is 0 Å². The lowest BCUT2D eigenvalue weighted by Gasteiger charge is -2.14. The molecular weight excluding hydrogens is 310 g/mol. The minimum absolute atomic E-state index is 0.0822. The first-order chi connectivity index (χ1) is 11.5. The topological polar surface area (TPSA) is 40.5 Å². The third-order valence-electron chi connectivity index (χ3n) is 4.15. The molecule has 0 saturated heterocycles. The summed E-state index contributed by atoms with van der Waals surface area (Å²) in [7, 11) is 0. The molecule has 0 atom stereocenters. The van der Waals surface area contributed by atoms with Crippen LogP contribution in [0.3, 0.4) is 0 Å². The highest BCUT2D eigenvalue weighted by Crippen LogP contribution is 2.40. The Kier molecular flexibility index (Phi) is 3.97. The summed E-state index contributed by atoms with van der Waals surface area (Å²) < 4.78 is 28.4. The summed E-state index contributed by atoms with van der Waals surface area (Å²) in [6.45, 7) is 3.48. The van der Waals surface area contributed by atoms with Gasteiger partial charge in [-0.1, -0.05) is 36.4 Å². The lowest BCUT2D eigenvalue weighted by molar-refractivity contribution is 0.427. The summed E-state index contributed by atoms with van der Waals surface area (Å²) in [6, 6.07) is 9.30. The Morgan fingerprint density at radius 1 is 0.833 bits per heavy atom. The number of benzene rings is 3. The van der Waals surface area contributed by atoms with Crippen molar-refractivity contribution in [1.29, 1.82) is 0 Å². The van der Waals surface area contributed by atoms with Crippen LogP contribution in [0.4, 0.5) is 8.78 Å². The number of hydrogen-bond acceptors (Lipinski definition) is 2. The minimum atomic E-state index is -0.823. The number of phenols is 2. The number of aromatic hydroxyl groups is 2. The van der Waals surface area contributed by atoms with Gasteiger partial charge in [0.1, 0.15) is 0 Å². The second-order valence-corrected chi connectivity index (χ2v) is 5.47. The van der Waals surface area contributed by atoms with E-state index in [2.05, 4.69) is 0 Å². The molecule has 4 heteroatoms. The van der Waals surface area contributed by atoms with Gasteiger partial charge in [-0.15, -0.1) is 0 Å². The molecule has 0 saturated carbocycles. The Morgan fingerprint density at radius 2 is 1.46 bits per heavy atom. The van der Waals surface area contributed by atoms with Crippen LogP contribution in [0, 0.1) is 11.6 Å². The van der Waals surface area contributed by atoms with Crippen LogP contribution in [0.1, 0.15) is 13.8 Å². The van der Waals surface area contributed by atoms with Crippen LogP contribution in [-0.4, -0.2) is 10.2 Å². The van der Waals surface area contributed by atoms with E-state index < -0.39 is 23.1 Å². The third kappa shape index (κ3) is 2.31. The van der Waals surface area contributed by atoms with Crippen LogP contribution >= 0.6 is 0 Å². The zero-order valence-corrected chi connectivity index (χ0v) is 13.3. The van der Waals surface area contributed by atoms with Gasteiger partial charge in [0.15, 0.2) is 23.1 Å². The monoisotopic (exact) mass is 326 g/mol. The van der Waals surface area contributed by atoms with Crippen LogP contribution in [0.2, 0.25) is 0 Å². The predicted molar refractivity (Wildman–Crippen MR) is 92.2 cm³/mol. The van der Waals surface area contributed by atoms with Crippen molar-refractivity contribution in [1.82, 2.24) is 0 Å².